The Morgan fingerprint density at radius 2 is 1.63 bits per heavy atom. The number of nitrogens with zero attached hydrogens (tertiary/aromatic N) is 3. The number of amides is 1. The van der Waals surface area contributed by atoms with E-state index in [1.165, 1.54) is 51.5 Å². The molecule has 27 heavy (non-hydrogen) atoms. The fraction of sp³-hybridized carbons (Fsp3) is 0.900. The number of nitrogens with one attached hydrogen (secondary N) is 2. The fourth-order valence-corrected chi connectivity index (χ4v) is 3.74. The highest BCUT2D eigenvalue weighted by Gasteiger charge is 2.21. The van der Waals surface area contributed by atoms with Gasteiger partial charge in [0.1, 0.15) is 6.54 Å². The van der Waals surface area contributed by atoms with Gasteiger partial charge in [-0.3, -0.25) is 4.79 Å². The van der Waals surface area contributed by atoms with Gasteiger partial charge in [0.15, 0.2) is 5.96 Å². The molecule has 1 aliphatic heterocycles. The number of aliphatic imine (C=N–C) groups is 1. The van der Waals surface area contributed by atoms with Gasteiger partial charge in [0.2, 0.25) is 5.91 Å². The van der Waals surface area contributed by atoms with Crippen LogP contribution in [-0.2, 0) is 4.79 Å². The summed E-state index contributed by atoms with van der Waals surface area (Å²) < 4.78 is 0. The van der Waals surface area contributed by atoms with Crippen molar-refractivity contribution in [2.75, 3.05) is 40.3 Å². The molecule has 158 valence electrons. The molecule has 1 saturated carbocycles. The first-order chi connectivity index (χ1) is 12.6. The second-order valence-corrected chi connectivity index (χ2v) is 8.05. The van der Waals surface area contributed by atoms with Crippen LogP contribution in [0.4, 0.5) is 0 Å². The lowest BCUT2D eigenvalue weighted by Gasteiger charge is -2.34. The van der Waals surface area contributed by atoms with Gasteiger partial charge in [0, 0.05) is 39.3 Å². The van der Waals surface area contributed by atoms with Gasteiger partial charge < -0.3 is 20.4 Å². The van der Waals surface area contributed by atoms with Crippen molar-refractivity contribution in [3.05, 3.63) is 0 Å². The number of unbranched alkanes of at least 4 members (excludes halogenated alkanes) is 1. The Labute approximate surface area is 182 Å². The number of rotatable bonds is 7. The zero-order chi connectivity index (χ0) is 18.8. The minimum Gasteiger partial charge on any atom is -0.354 e. The molecule has 1 aliphatic carbocycles. The average Bonchev–Trinajstić information content (AvgIpc) is 2.66. The zero-order valence-corrected chi connectivity index (χ0v) is 19.8. The normalized spacial score (nSPS) is 20.0. The second-order valence-electron chi connectivity index (χ2n) is 8.05. The second kappa shape index (κ2) is 13.6. The Kier molecular flexibility index (Phi) is 12.3. The highest BCUT2D eigenvalue weighted by atomic mass is 127. The number of guanidine groups is 1. The maximum atomic E-state index is 11.9. The lowest BCUT2D eigenvalue weighted by Crippen LogP contribution is -2.51. The van der Waals surface area contributed by atoms with Gasteiger partial charge in [-0.2, -0.15) is 0 Å². The molecule has 7 heteroatoms. The van der Waals surface area contributed by atoms with Crippen molar-refractivity contribution in [3.8, 4) is 0 Å². The Morgan fingerprint density at radius 1 is 1.04 bits per heavy atom. The van der Waals surface area contributed by atoms with Crippen molar-refractivity contribution < 1.29 is 4.79 Å². The van der Waals surface area contributed by atoms with Crippen LogP contribution < -0.4 is 10.6 Å². The van der Waals surface area contributed by atoms with E-state index in [2.05, 4.69) is 27.4 Å². The van der Waals surface area contributed by atoms with Crippen LogP contribution in [0.1, 0.15) is 64.7 Å². The van der Waals surface area contributed by atoms with Crippen molar-refractivity contribution in [3.63, 3.8) is 0 Å². The van der Waals surface area contributed by atoms with E-state index in [0.717, 1.165) is 31.9 Å². The van der Waals surface area contributed by atoms with Gasteiger partial charge in [0.25, 0.3) is 0 Å². The number of likely N-dealkylation sites (tertiary alicyclic amines) is 1. The molecule has 0 aromatic heterocycles. The van der Waals surface area contributed by atoms with Crippen molar-refractivity contribution in [2.24, 2.45) is 4.99 Å². The molecule has 2 fully saturated rings. The van der Waals surface area contributed by atoms with Crippen molar-refractivity contribution in [1.29, 1.82) is 0 Å². The van der Waals surface area contributed by atoms with Crippen LogP contribution in [0.2, 0.25) is 0 Å². The quantitative estimate of drug-likeness (QED) is 0.326. The Bertz CT molecular complexity index is 444. The molecule has 0 aromatic rings. The zero-order valence-electron chi connectivity index (χ0n) is 17.5. The summed E-state index contributed by atoms with van der Waals surface area (Å²) in [5.74, 6) is 0.878. The highest BCUT2D eigenvalue weighted by Crippen LogP contribution is 2.17. The Hall–Kier alpha value is -0.570. The van der Waals surface area contributed by atoms with Crippen LogP contribution in [0.25, 0.3) is 0 Å². The van der Waals surface area contributed by atoms with Crippen molar-refractivity contribution in [2.45, 2.75) is 76.8 Å². The van der Waals surface area contributed by atoms with E-state index in [4.69, 9.17) is 0 Å². The SMILES string of the molecule is CCCCN1CCC(NC(=NCC(=O)N(C)C)NC2CCCCC2)CC1.I. The topological polar surface area (TPSA) is 60.0 Å². The van der Waals surface area contributed by atoms with E-state index in [1.807, 2.05) is 0 Å². The molecule has 0 spiro atoms. The minimum absolute atomic E-state index is 0. The van der Waals surface area contributed by atoms with Crippen LogP contribution in [-0.4, -0.2) is 74.0 Å². The van der Waals surface area contributed by atoms with Crippen LogP contribution in [0, 0.1) is 0 Å². The predicted octanol–water partition coefficient (Wildman–Crippen LogP) is 2.83. The van der Waals surface area contributed by atoms with E-state index >= 15 is 0 Å². The standard InChI is InChI=1S/C20H39N5O.HI/c1-4-5-13-25-14-11-18(12-15-25)23-20(21-16-19(26)24(2)3)22-17-9-7-6-8-10-17;/h17-18H,4-16H2,1-3H3,(H2,21,22,23);1H. The van der Waals surface area contributed by atoms with E-state index < -0.39 is 0 Å². The summed E-state index contributed by atoms with van der Waals surface area (Å²) in [6, 6.07) is 0.950. The van der Waals surface area contributed by atoms with Crippen LogP contribution in [0.3, 0.4) is 0 Å². The molecule has 0 aromatic carbocycles. The minimum atomic E-state index is 0. The highest BCUT2D eigenvalue weighted by molar-refractivity contribution is 14.0. The molecule has 1 amide bonds. The van der Waals surface area contributed by atoms with Gasteiger partial charge in [-0.1, -0.05) is 32.6 Å². The van der Waals surface area contributed by atoms with Crippen LogP contribution in [0.15, 0.2) is 4.99 Å². The predicted molar refractivity (Wildman–Crippen MR) is 124 cm³/mol. The van der Waals surface area contributed by atoms with Gasteiger partial charge in [-0.25, -0.2) is 4.99 Å². The first-order valence-corrected chi connectivity index (χ1v) is 10.6. The van der Waals surface area contributed by atoms with E-state index in [9.17, 15) is 4.79 Å². The van der Waals surface area contributed by atoms with Gasteiger partial charge in [-0.05, 0) is 38.6 Å². The van der Waals surface area contributed by atoms with E-state index in [-0.39, 0.29) is 36.4 Å². The molecule has 2 aliphatic rings. The number of carbonyl (C=O) groups is 1. The molecular weight excluding hydrogens is 453 g/mol. The Balaban J connectivity index is 0.00000364. The number of halogens is 1. The molecular formula is C20H40IN5O. The molecule has 1 heterocycles. The molecule has 2 N–H and O–H groups in total. The van der Waals surface area contributed by atoms with E-state index in [0.29, 0.717) is 12.1 Å². The molecule has 1 saturated heterocycles. The first kappa shape index (κ1) is 24.5. The number of hydrogen-bond acceptors (Lipinski definition) is 3. The third kappa shape index (κ3) is 9.45. The Morgan fingerprint density at radius 3 is 2.19 bits per heavy atom. The molecule has 6 nitrogen and oxygen atoms in total. The molecule has 0 radical (unpaired) electrons. The number of hydrogen-bond donors (Lipinski definition) is 2. The lowest BCUT2D eigenvalue weighted by molar-refractivity contribution is -0.127. The number of piperidine rings is 1. The van der Waals surface area contributed by atoms with Gasteiger partial charge >= 0.3 is 0 Å². The summed E-state index contributed by atoms with van der Waals surface area (Å²) in [5.41, 5.74) is 0. The summed E-state index contributed by atoms with van der Waals surface area (Å²) in [4.78, 5) is 20.7. The summed E-state index contributed by atoms with van der Waals surface area (Å²) in [5, 5.41) is 7.21. The summed E-state index contributed by atoms with van der Waals surface area (Å²) in [6.45, 7) is 6.01. The summed E-state index contributed by atoms with van der Waals surface area (Å²) in [6.07, 6.45) is 11.2. The number of likely N-dealkylation sites (N-methyl/N-ethyl adjacent to an activating group) is 1. The molecule has 0 bridgehead atoms. The smallest absolute Gasteiger partial charge is 0.243 e. The monoisotopic (exact) mass is 493 g/mol. The average molecular weight is 493 g/mol. The number of carbonyl (C=O) groups excluding carboxylic acids is 1. The van der Waals surface area contributed by atoms with Crippen molar-refractivity contribution in [1.82, 2.24) is 20.4 Å². The third-order valence-electron chi connectivity index (χ3n) is 5.57. The summed E-state index contributed by atoms with van der Waals surface area (Å²) in [7, 11) is 3.57. The maximum Gasteiger partial charge on any atom is 0.243 e. The van der Waals surface area contributed by atoms with Crippen molar-refractivity contribution >= 4 is 35.8 Å². The lowest BCUT2D eigenvalue weighted by atomic mass is 9.95. The largest absolute Gasteiger partial charge is 0.354 e. The first-order valence-electron chi connectivity index (χ1n) is 10.6. The van der Waals surface area contributed by atoms with Crippen LogP contribution in [0.5, 0.6) is 0 Å². The molecule has 0 unspecified atom stereocenters. The fourth-order valence-electron chi connectivity index (χ4n) is 3.74. The molecule has 0 atom stereocenters. The van der Waals surface area contributed by atoms with E-state index in [1.54, 1.807) is 19.0 Å². The third-order valence-corrected chi connectivity index (χ3v) is 5.57. The van der Waals surface area contributed by atoms with Crippen LogP contribution >= 0.6 is 24.0 Å². The van der Waals surface area contributed by atoms with Gasteiger partial charge in [0.05, 0.1) is 0 Å². The summed E-state index contributed by atoms with van der Waals surface area (Å²) >= 11 is 0. The molecule has 2 rings (SSSR count). The maximum absolute atomic E-state index is 11.9. The van der Waals surface area contributed by atoms with Gasteiger partial charge in [-0.15, -0.1) is 24.0 Å².